The van der Waals surface area contributed by atoms with Crippen LogP contribution in [-0.4, -0.2) is 67.4 Å². The van der Waals surface area contributed by atoms with Gasteiger partial charge in [0.2, 0.25) is 17.7 Å². The summed E-state index contributed by atoms with van der Waals surface area (Å²) >= 11 is 1.40. The Kier molecular flexibility index (Phi) is 9.83. The maximum Gasteiger partial charge on any atom is 0.243 e. The normalized spacial score (nSPS) is 17.9. The SMILES string of the molecule is CO[C@@H]1C[C@@H](C(=O)N[C@H](C)c2cc(C(=N)N)cs2)N(C(=O)CNC(=O)CCCOc2ccccc2)C1. The van der Waals surface area contributed by atoms with Gasteiger partial charge in [-0.1, -0.05) is 18.2 Å². The number of nitrogens with zero attached hydrogens (tertiary/aromatic N) is 1. The lowest BCUT2D eigenvalue weighted by molar-refractivity contribution is -0.139. The largest absolute Gasteiger partial charge is 0.494 e. The maximum absolute atomic E-state index is 13.1. The smallest absolute Gasteiger partial charge is 0.243 e. The second-order valence-corrected chi connectivity index (χ2v) is 9.52. The topological polar surface area (TPSA) is 147 Å². The summed E-state index contributed by atoms with van der Waals surface area (Å²) in [4.78, 5) is 40.5. The highest BCUT2D eigenvalue weighted by Gasteiger charge is 2.40. The fraction of sp³-hybridized carbons (Fsp3) is 0.440. The summed E-state index contributed by atoms with van der Waals surface area (Å²) in [5.41, 5.74) is 6.13. The third-order valence-electron chi connectivity index (χ3n) is 5.93. The minimum atomic E-state index is -0.701. The summed E-state index contributed by atoms with van der Waals surface area (Å²) in [5.74, 6) is -0.177. The van der Waals surface area contributed by atoms with Crippen molar-refractivity contribution < 1.29 is 23.9 Å². The van der Waals surface area contributed by atoms with Crippen LogP contribution >= 0.6 is 11.3 Å². The number of nitrogens with two attached hydrogens (primary N) is 1. The molecular formula is C25H33N5O5S. The Bertz CT molecular complexity index is 1060. The molecule has 194 valence electrons. The van der Waals surface area contributed by atoms with Crippen LogP contribution in [0.25, 0.3) is 0 Å². The van der Waals surface area contributed by atoms with Gasteiger partial charge in [0.15, 0.2) is 0 Å². The molecule has 36 heavy (non-hydrogen) atoms. The molecule has 1 saturated heterocycles. The van der Waals surface area contributed by atoms with Crippen LogP contribution < -0.4 is 21.1 Å². The lowest BCUT2D eigenvalue weighted by Gasteiger charge is -2.25. The molecule has 10 nitrogen and oxygen atoms in total. The fourth-order valence-corrected chi connectivity index (χ4v) is 4.81. The van der Waals surface area contributed by atoms with Crippen molar-refractivity contribution in [2.45, 2.75) is 44.4 Å². The number of carbonyl (C=O) groups is 3. The van der Waals surface area contributed by atoms with E-state index >= 15 is 0 Å². The number of nitrogens with one attached hydrogen (secondary N) is 3. The first-order valence-electron chi connectivity index (χ1n) is 11.8. The van der Waals surface area contributed by atoms with E-state index in [-0.39, 0.29) is 55.2 Å². The highest BCUT2D eigenvalue weighted by molar-refractivity contribution is 7.10. The lowest BCUT2D eigenvalue weighted by atomic mass is 10.1. The predicted molar refractivity (Wildman–Crippen MR) is 137 cm³/mol. The molecule has 11 heteroatoms. The van der Waals surface area contributed by atoms with Gasteiger partial charge < -0.3 is 30.7 Å². The van der Waals surface area contributed by atoms with Gasteiger partial charge in [0.25, 0.3) is 0 Å². The number of methoxy groups -OCH3 is 1. The second-order valence-electron chi connectivity index (χ2n) is 8.58. The Hall–Kier alpha value is -3.44. The monoisotopic (exact) mass is 515 g/mol. The number of hydrogen-bond donors (Lipinski definition) is 4. The first-order chi connectivity index (χ1) is 17.3. The average molecular weight is 516 g/mol. The molecule has 5 N–H and O–H groups in total. The van der Waals surface area contributed by atoms with Gasteiger partial charge >= 0.3 is 0 Å². The van der Waals surface area contributed by atoms with E-state index in [1.807, 2.05) is 37.3 Å². The predicted octanol–water partition coefficient (Wildman–Crippen LogP) is 1.80. The summed E-state index contributed by atoms with van der Waals surface area (Å²) < 4.78 is 11.0. The standard InChI is InChI=1S/C25H33N5O5S/c1-16(21-11-17(15-36-21)24(26)27)29-25(33)20-12-19(34-2)14-30(20)23(32)13-28-22(31)9-6-10-35-18-7-4-3-5-8-18/h3-5,7-8,11,15-16,19-20H,6,9-10,12-14H2,1-2H3,(H3,26,27)(H,28,31)(H,29,33)/t16-,19-,20+/m1/s1. The molecule has 1 fully saturated rings. The number of amides is 3. The quantitative estimate of drug-likeness (QED) is 0.193. The van der Waals surface area contributed by atoms with Crippen molar-refractivity contribution in [3.63, 3.8) is 0 Å². The Balaban J connectivity index is 1.47. The molecule has 1 aromatic carbocycles. The van der Waals surface area contributed by atoms with Gasteiger partial charge in [0, 0.05) is 42.3 Å². The van der Waals surface area contributed by atoms with E-state index in [9.17, 15) is 14.4 Å². The second kappa shape index (κ2) is 13.0. The van der Waals surface area contributed by atoms with Crippen molar-refractivity contribution in [2.24, 2.45) is 5.73 Å². The molecule has 1 aliphatic heterocycles. The van der Waals surface area contributed by atoms with Crippen LogP contribution in [0.3, 0.4) is 0 Å². The minimum Gasteiger partial charge on any atom is -0.494 e. The minimum absolute atomic E-state index is 0.0303. The van der Waals surface area contributed by atoms with E-state index in [0.717, 1.165) is 10.6 Å². The summed E-state index contributed by atoms with van der Waals surface area (Å²) in [6, 6.07) is 10.1. The van der Waals surface area contributed by atoms with E-state index < -0.39 is 6.04 Å². The number of rotatable bonds is 12. The van der Waals surface area contributed by atoms with Gasteiger partial charge in [-0.25, -0.2) is 0 Å². The fourth-order valence-electron chi connectivity index (χ4n) is 3.90. The van der Waals surface area contributed by atoms with Gasteiger partial charge in [-0.15, -0.1) is 11.3 Å². The van der Waals surface area contributed by atoms with Gasteiger partial charge in [0.05, 0.1) is 25.3 Å². The number of likely N-dealkylation sites (tertiary alicyclic amines) is 1. The van der Waals surface area contributed by atoms with Crippen LogP contribution in [0.4, 0.5) is 0 Å². The molecule has 2 aromatic rings. The van der Waals surface area contributed by atoms with E-state index in [1.165, 1.54) is 16.2 Å². The Morgan fingerprint density at radius 2 is 2.03 bits per heavy atom. The zero-order valence-corrected chi connectivity index (χ0v) is 21.3. The van der Waals surface area contributed by atoms with Crippen molar-refractivity contribution >= 4 is 34.9 Å². The van der Waals surface area contributed by atoms with Gasteiger partial charge in [-0.2, -0.15) is 0 Å². The maximum atomic E-state index is 13.1. The first kappa shape index (κ1) is 27.2. The highest BCUT2D eigenvalue weighted by atomic mass is 32.1. The molecule has 1 aromatic heterocycles. The molecular weight excluding hydrogens is 482 g/mol. The number of para-hydroxylation sites is 1. The molecule has 0 radical (unpaired) electrons. The molecule has 2 heterocycles. The van der Waals surface area contributed by atoms with Crippen LogP contribution in [0.1, 0.15) is 42.7 Å². The van der Waals surface area contributed by atoms with Gasteiger partial charge in [-0.3, -0.25) is 19.8 Å². The number of thiophene rings is 1. The summed E-state index contributed by atoms with van der Waals surface area (Å²) in [5, 5.41) is 14.9. The van der Waals surface area contributed by atoms with Crippen molar-refractivity contribution in [1.82, 2.24) is 15.5 Å². The summed E-state index contributed by atoms with van der Waals surface area (Å²) in [6.07, 6.45) is 0.846. The zero-order chi connectivity index (χ0) is 26.1. The Morgan fingerprint density at radius 3 is 2.69 bits per heavy atom. The molecule has 0 spiro atoms. The van der Waals surface area contributed by atoms with E-state index in [0.29, 0.717) is 25.0 Å². The third-order valence-corrected chi connectivity index (χ3v) is 7.05. The Labute approximate surface area is 214 Å². The van der Waals surface area contributed by atoms with E-state index in [1.54, 1.807) is 18.6 Å². The van der Waals surface area contributed by atoms with E-state index in [2.05, 4.69) is 10.6 Å². The van der Waals surface area contributed by atoms with E-state index in [4.69, 9.17) is 20.6 Å². The zero-order valence-electron chi connectivity index (χ0n) is 20.5. The number of nitrogen functional groups attached to an aromatic ring is 1. The molecule has 0 aliphatic carbocycles. The number of carbonyl (C=O) groups excluding carboxylic acids is 3. The number of hydrogen-bond acceptors (Lipinski definition) is 7. The molecule has 3 amide bonds. The third kappa shape index (κ3) is 7.53. The highest BCUT2D eigenvalue weighted by Crippen LogP contribution is 2.24. The number of amidine groups is 1. The van der Waals surface area contributed by atoms with Crippen molar-refractivity contribution in [1.29, 1.82) is 5.41 Å². The van der Waals surface area contributed by atoms with Crippen molar-refractivity contribution in [2.75, 3.05) is 26.8 Å². The molecule has 0 unspecified atom stereocenters. The first-order valence-corrected chi connectivity index (χ1v) is 12.7. The molecule has 3 atom stereocenters. The molecule has 1 aliphatic rings. The van der Waals surface area contributed by atoms with Crippen LogP contribution in [0, 0.1) is 5.41 Å². The lowest BCUT2D eigenvalue weighted by Crippen LogP contribution is -2.49. The van der Waals surface area contributed by atoms with Crippen LogP contribution in [0.5, 0.6) is 5.75 Å². The number of ether oxygens (including phenoxy) is 2. The Morgan fingerprint density at radius 1 is 1.28 bits per heavy atom. The number of benzene rings is 1. The summed E-state index contributed by atoms with van der Waals surface area (Å²) in [6.45, 7) is 2.31. The van der Waals surface area contributed by atoms with Crippen molar-refractivity contribution in [3.8, 4) is 5.75 Å². The summed E-state index contributed by atoms with van der Waals surface area (Å²) in [7, 11) is 1.55. The molecule has 0 saturated carbocycles. The van der Waals surface area contributed by atoms with Crippen LogP contribution in [-0.2, 0) is 19.1 Å². The van der Waals surface area contributed by atoms with Gasteiger partial charge in [0.1, 0.15) is 17.6 Å². The van der Waals surface area contributed by atoms with Gasteiger partial charge in [-0.05, 0) is 31.5 Å². The average Bonchev–Trinajstić information content (AvgIpc) is 3.54. The van der Waals surface area contributed by atoms with Crippen molar-refractivity contribution in [3.05, 3.63) is 52.2 Å². The van der Waals surface area contributed by atoms with Crippen LogP contribution in [0.15, 0.2) is 41.8 Å². The van der Waals surface area contributed by atoms with Crippen LogP contribution in [0.2, 0.25) is 0 Å². The molecule has 3 rings (SSSR count). The molecule has 0 bridgehead atoms.